The standard InChI is InChI=1S/C25H21FN6O3S/c26-15-6-8-16(9-7-15)31-13-14(11-22(31)33)23(34)28-21-12-19(20-5-2-10-36-20)30-32(21)25-27-18-4-1-3-17(18)24(35)29-25/h2,5-10,12,14H,1,3-4,11,13H2,(H,28,34)(H,27,29,35). The molecule has 9 nitrogen and oxygen atoms in total. The largest absolute Gasteiger partial charge is 0.312 e. The molecule has 4 aromatic rings. The number of amides is 2. The van der Waals surface area contributed by atoms with Gasteiger partial charge in [0, 0.05) is 30.3 Å². The van der Waals surface area contributed by atoms with Crippen molar-refractivity contribution in [2.24, 2.45) is 5.92 Å². The van der Waals surface area contributed by atoms with Crippen LogP contribution < -0.4 is 15.8 Å². The van der Waals surface area contributed by atoms with E-state index in [9.17, 15) is 18.8 Å². The predicted molar refractivity (Wildman–Crippen MR) is 133 cm³/mol. The summed E-state index contributed by atoms with van der Waals surface area (Å²) in [5.74, 6) is -0.989. The van der Waals surface area contributed by atoms with Gasteiger partial charge in [-0.15, -0.1) is 11.3 Å². The number of H-pyrrole nitrogens is 1. The first-order valence-corrected chi connectivity index (χ1v) is 12.5. The summed E-state index contributed by atoms with van der Waals surface area (Å²) < 4.78 is 14.7. The maximum atomic E-state index is 13.3. The predicted octanol–water partition coefficient (Wildman–Crippen LogP) is 3.30. The van der Waals surface area contributed by atoms with E-state index >= 15 is 0 Å². The lowest BCUT2D eigenvalue weighted by atomic mass is 10.1. The lowest BCUT2D eigenvalue weighted by Gasteiger charge is -2.16. The van der Waals surface area contributed by atoms with E-state index in [1.54, 1.807) is 6.07 Å². The van der Waals surface area contributed by atoms with Gasteiger partial charge in [0.2, 0.25) is 17.8 Å². The molecule has 3 aromatic heterocycles. The fourth-order valence-corrected chi connectivity index (χ4v) is 5.37. The molecule has 2 aliphatic rings. The lowest BCUT2D eigenvalue weighted by Crippen LogP contribution is -2.29. The van der Waals surface area contributed by atoms with Gasteiger partial charge in [0.15, 0.2) is 0 Å². The average molecular weight is 505 g/mol. The SMILES string of the molecule is O=C(Nc1cc(-c2cccs2)nn1-c1nc2c(c(=O)[nH]1)CCC2)C1CC(=O)N(c2ccc(F)cc2)C1. The Kier molecular flexibility index (Phi) is 5.48. The van der Waals surface area contributed by atoms with Crippen LogP contribution in [0.5, 0.6) is 0 Å². The Morgan fingerprint density at radius 2 is 2.00 bits per heavy atom. The van der Waals surface area contributed by atoms with Crippen LogP contribution in [0, 0.1) is 11.7 Å². The van der Waals surface area contributed by atoms with Gasteiger partial charge in [-0.1, -0.05) is 6.07 Å². The van der Waals surface area contributed by atoms with Crippen molar-refractivity contribution in [2.45, 2.75) is 25.7 Å². The summed E-state index contributed by atoms with van der Waals surface area (Å²) in [5.41, 5.74) is 2.41. The number of hydrogen-bond donors (Lipinski definition) is 2. The Labute approximate surface area is 208 Å². The number of benzene rings is 1. The van der Waals surface area contributed by atoms with E-state index in [4.69, 9.17) is 0 Å². The number of carbonyl (C=O) groups is 2. The van der Waals surface area contributed by atoms with Gasteiger partial charge in [0.1, 0.15) is 17.3 Å². The van der Waals surface area contributed by atoms with E-state index in [1.807, 2.05) is 17.5 Å². The molecule has 1 atom stereocenters. The van der Waals surface area contributed by atoms with Crippen molar-refractivity contribution in [3.8, 4) is 16.5 Å². The smallest absolute Gasteiger partial charge is 0.255 e. The number of nitrogens with one attached hydrogen (secondary N) is 2. The molecule has 2 N–H and O–H groups in total. The first-order chi connectivity index (χ1) is 17.5. The highest BCUT2D eigenvalue weighted by molar-refractivity contribution is 7.13. The Hall–Kier alpha value is -4.12. The van der Waals surface area contributed by atoms with Gasteiger partial charge >= 0.3 is 0 Å². The van der Waals surface area contributed by atoms with Crippen molar-refractivity contribution in [2.75, 3.05) is 16.8 Å². The fourth-order valence-electron chi connectivity index (χ4n) is 4.69. The number of aromatic nitrogens is 4. The monoisotopic (exact) mass is 504 g/mol. The number of aromatic amines is 1. The van der Waals surface area contributed by atoms with E-state index in [-0.39, 0.29) is 36.3 Å². The van der Waals surface area contributed by atoms with E-state index in [2.05, 4.69) is 20.4 Å². The molecule has 0 saturated carbocycles. The summed E-state index contributed by atoms with van der Waals surface area (Å²) >= 11 is 1.50. The molecule has 6 rings (SSSR count). The third kappa shape index (κ3) is 4.01. The summed E-state index contributed by atoms with van der Waals surface area (Å²) in [6.45, 7) is 0.177. The van der Waals surface area contributed by atoms with Crippen molar-refractivity contribution in [1.29, 1.82) is 0 Å². The minimum absolute atomic E-state index is 0.0308. The molecule has 182 valence electrons. The van der Waals surface area contributed by atoms with E-state index < -0.39 is 11.7 Å². The van der Waals surface area contributed by atoms with Gasteiger partial charge in [-0.2, -0.15) is 9.78 Å². The first-order valence-electron chi connectivity index (χ1n) is 11.6. The number of carbonyl (C=O) groups excluding carboxylic acids is 2. The highest BCUT2D eigenvalue weighted by Crippen LogP contribution is 2.30. The molecule has 0 spiro atoms. The number of rotatable bonds is 5. The Balaban J connectivity index is 1.30. The molecule has 2 amide bonds. The molecule has 36 heavy (non-hydrogen) atoms. The summed E-state index contributed by atoms with van der Waals surface area (Å²) in [6, 6.07) is 11.2. The number of halogens is 1. The third-order valence-electron chi connectivity index (χ3n) is 6.50. The van der Waals surface area contributed by atoms with Gasteiger partial charge in [-0.25, -0.2) is 9.37 Å². The number of nitrogens with zero attached hydrogens (tertiary/aromatic N) is 4. The molecular formula is C25H21FN6O3S. The molecule has 1 fully saturated rings. The maximum Gasteiger partial charge on any atom is 0.255 e. The molecule has 1 aliphatic heterocycles. The summed E-state index contributed by atoms with van der Waals surface area (Å²) in [5, 5.41) is 9.44. The second kappa shape index (κ2) is 8.83. The average Bonchev–Trinajstić information content (AvgIpc) is 3.66. The van der Waals surface area contributed by atoms with Gasteiger partial charge in [0.05, 0.1) is 16.5 Å². The Bertz CT molecular complexity index is 1530. The molecule has 0 bridgehead atoms. The highest BCUT2D eigenvalue weighted by Gasteiger charge is 2.36. The normalized spacial score (nSPS) is 17.0. The van der Waals surface area contributed by atoms with Crippen LogP contribution in [0.3, 0.4) is 0 Å². The zero-order valence-corrected chi connectivity index (χ0v) is 19.8. The molecule has 4 heterocycles. The van der Waals surface area contributed by atoms with Gasteiger partial charge in [0.25, 0.3) is 5.56 Å². The zero-order valence-electron chi connectivity index (χ0n) is 19.0. The number of fused-ring (bicyclic) bond motifs is 1. The van der Waals surface area contributed by atoms with Crippen molar-refractivity contribution in [1.82, 2.24) is 19.7 Å². The minimum Gasteiger partial charge on any atom is -0.312 e. The van der Waals surface area contributed by atoms with Crippen molar-refractivity contribution < 1.29 is 14.0 Å². The number of aryl methyl sites for hydroxylation is 1. The van der Waals surface area contributed by atoms with Crippen LogP contribution in [-0.2, 0) is 22.4 Å². The second-order valence-corrected chi connectivity index (χ2v) is 9.79. The number of hydrogen-bond acceptors (Lipinski definition) is 6. The van der Waals surface area contributed by atoms with Crippen LogP contribution in [-0.4, -0.2) is 38.1 Å². The minimum atomic E-state index is -0.608. The Morgan fingerprint density at radius 1 is 1.17 bits per heavy atom. The van der Waals surface area contributed by atoms with Crippen molar-refractivity contribution >= 4 is 34.7 Å². The molecule has 1 saturated heterocycles. The van der Waals surface area contributed by atoms with Crippen LogP contribution >= 0.6 is 11.3 Å². The van der Waals surface area contributed by atoms with Gasteiger partial charge in [-0.05, 0) is 55.0 Å². The maximum absolute atomic E-state index is 13.3. The fraction of sp³-hybridized carbons (Fsp3) is 0.240. The molecule has 1 aromatic carbocycles. The van der Waals surface area contributed by atoms with Crippen LogP contribution in [0.25, 0.3) is 16.5 Å². The zero-order chi connectivity index (χ0) is 24.8. The lowest BCUT2D eigenvalue weighted by molar-refractivity contribution is -0.122. The Morgan fingerprint density at radius 3 is 2.78 bits per heavy atom. The number of anilines is 2. The van der Waals surface area contributed by atoms with Gasteiger partial charge in [-0.3, -0.25) is 19.4 Å². The van der Waals surface area contributed by atoms with Crippen molar-refractivity contribution in [3.05, 3.63) is 75.3 Å². The van der Waals surface area contributed by atoms with Crippen LogP contribution in [0.15, 0.2) is 52.6 Å². The molecule has 11 heteroatoms. The molecule has 1 unspecified atom stereocenters. The molecule has 1 aliphatic carbocycles. The topological polar surface area (TPSA) is 113 Å². The van der Waals surface area contributed by atoms with E-state index in [0.717, 1.165) is 23.4 Å². The van der Waals surface area contributed by atoms with Crippen LogP contribution in [0.2, 0.25) is 0 Å². The summed E-state index contributed by atoms with van der Waals surface area (Å²) in [7, 11) is 0. The third-order valence-corrected chi connectivity index (χ3v) is 7.39. The van der Waals surface area contributed by atoms with Crippen molar-refractivity contribution in [3.63, 3.8) is 0 Å². The second-order valence-electron chi connectivity index (χ2n) is 8.84. The summed E-state index contributed by atoms with van der Waals surface area (Å²) in [6.07, 6.45) is 2.32. The highest BCUT2D eigenvalue weighted by atomic mass is 32.1. The van der Waals surface area contributed by atoms with Gasteiger partial charge < -0.3 is 10.2 Å². The van der Waals surface area contributed by atoms with Crippen LogP contribution in [0.1, 0.15) is 24.1 Å². The number of thiophene rings is 1. The van der Waals surface area contributed by atoms with E-state index in [0.29, 0.717) is 29.2 Å². The quantitative estimate of drug-likeness (QED) is 0.433. The van der Waals surface area contributed by atoms with E-state index in [1.165, 1.54) is 45.2 Å². The van der Waals surface area contributed by atoms with Crippen LogP contribution in [0.4, 0.5) is 15.9 Å². The summed E-state index contributed by atoms with van der Waals surface area (Å²) in [4.78, 5) is 48.3. The molecule has 0 radical (unpaired) electrons. The first kappa shape index (κ1) is 22.4. The molecular weight excluding hydrogens is 483 g/mol.